The van der Waals surface area contributed by atoms with Crippen molar-refractivity contribution in [2.24, 2.45) is 0 Å². The smallest absolute Gasteiger partial charge is 0.143 e. The van der Waals surface area contributed by atoms with Crippen molar-refractivity contribution >= 4 is 11.4 Å². The summed E-state index contributed by atoms with van der Waals surface area (Å²) in [5.74, 6) is 1.03. The van der Waals surface area contributed by atoms with Crippen molar-refractivity contribution in [1.29, 1.82) is 0 Å². The van der Waals surface area contributed by atoms with Gasteiger partial charge < -0.3 is 19.7 Å². The van der Waals surface area contributed by atoms with E-state index in [-0.39, 0.29) is 6.10 Å². The van der Waals surface area contributed by atoms with Gasteiger partial charge in [0.2, 0.25) is 0 Å². The van der Waals surface area contributed by atoms with E-state index >= 15 is 0 Å². The summed E-state index contributed by atoms with van der Waals surface area (Å²) >= 11 is 0. The van der Waals surface area contributed by atoms with Gasteiger partial charge in [0, 0.05) is 25.4 Å². The largest absolute Gasteiger partial charge is 0.486 e. The molecule has 0 fully saturated rings. The van der Waals surface area contributed by atoms with Crippen LogP contribution in [0.1, 0.15) is 45.6 Å². The monoisotopic (exact) mass is 396 g/mol. The summed E-state index contributed by atoms with van der Waals surface area (Å²) < 4.78 is 11.8. The molecule has 1 N–H and O–H groups in total. The maximum absolute atomic E-state index is 6.17. The number of fused-ring (bicyclic) bond motifs is 1. The van der Waals surface area contributed by atoms with E-state index in [1.54, 1.807) is 0 Å². The summed E-state index contributed by atoms with van der Waals surface area (Å²) in [7, 11) is 0. The molecule has 4 heteroatoms. The van der Waals surface area contributed by atoms with Crippen LogP contribution in [0.3, 0.4) is 0 Å². The highest BCUT2D eigenvalue weighted by Crippen LogP contribution is 2.34. The van der Waals surface area contributed by atoms with Gasteiger partial charge >= 0.3 is 0 Å². The van der Waals surface area contributed by atoms with E-state index in [9.17, 15) is 0 Å². The molecule has 2 aromatic rings. The van der Waals surface area contributed by atoms with Gasteiger partial charge in [0.05, 0.1) is 18.3 Å². The first-order chi connectivity index (χ1) is 14.2. The molecule has 0 amide bonds. The van der Waals surface area contributed by atoms with Gasteiger partial charge in [-0.15, -0.1) is 0 Å². The molecule has 0 saturated carbocycles. The second-order valence-electron chi connectivity index (χ2n) is 7.89. The summed E-state index contributed by atoms with van der Waals surface area (Å²) in [6.07, 6.45) is 4.89. The highest BCUT2D eigenvalue weighted by Gasteiger charge is 2.24. The fraction of sp³-hybridized carbons (Fsp3) is 0.520. The molecule has 1 aliphatic heterocycles. The molecule has 0 aromatic heterocycles. The highest BCUT2D eigenvalue weighted by atomic mass is 16.5. The fourth-order valence-corrected chi connectivity index (χ4v) is 4.00. The number of benzene rings is 2. The van der Waals surface area contributed by atoms with Crippen LogP contribution in [0, 0.1) is 0 Å². The second-order valence-corrected chi connectivity index (χ2v) is 7.89. The lowest BCUT2D eigenvalue weighted by molar-refractivity contribution is 0.0768. The fourth-order valence-electron chi connectivity index (χ4n) is 4.00. The standard InChI is InChI=1S/C25H36N2O2/c1-4-9-23-19-27(24-10-6-7-11-25(24)29-23)17-8-16-26-22-14-12-21(13-15-22)18-20(3)28-5-2/h6-7,10-15,20,23,26H,4-5,8-9,16-19H2,1-3H3. The molecule has 3 rings (SSSR count). The molecule has 1 heterocycles. The van der Waals surface area contributed by atoms with E-state index < -0.39 is 0 Å². The SMILES string of the molecule is CCCC1CN(CCCNc2ccc(CC(C)OCC)cc2)c2ccccc2O1. The molecule has 1 aliphatic rings. The van der Waals surface area contributed by atoms with E-state index in [2.05, 4.69) is 72.6 Å². The summed E-state index contributed by atoms with van der Waals surface area (Å²) in [4.78, 5) is 2.49. The first-order valence-electron chi connectivity index (χ1n) is 11.1. The lowest BCUT2D eigenvalue weighted by Crippen LogP contribution is -2.40. The van der Waals surface area contributed by atoms with Crippen LogP contribution in [0.15, 0.2) is 48.5 Å². The molecule has 0 saturated heterocycles. The molecule has 2 unspecified atom stereocenters. The number of hydrogen-bond acceptors (Lipinski definition) is 4. The summed E-state index contributed by atoms with van der Waals surface area (Å²) in [5, 5.41) is 3.56. The van der Waals surface area contributed by atoms with Crippen LogP contribution in [0.2, 0.25) is 0 Å². The number of rotatable bonds is 11. The van der Waals surface area contributed by atoms with Crippen molar-refractivity contribution in [1.82, 2.24) is 0 Å². The van der Waals surface area contributed by atoms with Gasteiger partial charge in [-0.1, -0.05) is 37.6 Å². The zero-order valence-electron chi connectivity index (χ0n) is 18.2. The molecular formula is C25H36N2O2. The van der Waals surface area contributed by atoms with Gasteiger partial charge in [0.1, 0.15) is 11.9 Å². The average Bonchev–Trinajstić information content (AvgIpc) is 2.72. The van der Waals surface area contributed by atoms with Crippen molar-refractivity contribution in [3.63, 3.8) is 0 Å². The molecule has 0 bridgehead atoms. The number of hydrogen-bond donors (Lipinski definition) is 1. The number of ether oxygens (including phenoxy) is 2. The first kappa shape index (κ1) is 21.5. The molecule has 158 valence electrons. The minimum Gasteiger partial charge on any atom is -0.486 e. The third-order valence-electron chi connectivity index (χ3n) is 5.40. The molecule has 0 aliphatic carbocycles. The van der Waals surface area contributed by atoms with E-state index in [0.717, 1.165) is 57.7 Å². The Kier molecular flexibility index (Phi) is 8.24. The average molecular weight is 397 g/mol. The minimum atomic E-state index is 0.270. The Morgan fingerprint density at radius 2 is 1.93 bits per heavy atom. The van der Waals surface area contributed by atoms with Crippen molar-refractivity contribution in [2.45, 2.75) is 58.7 Å². The summed E-state index contributed by atoms with van der Waals surface area (Å²) in [6, 6.07) is 17.2. The Bertz CT molecular complexity index is 732. The van der Waals surface area contributed by atoms with Gasteiger partial charge in [-0.25, -0.2) is 0 Å². The Hall–Kier alpha value is -2.20. The topological polar surface area (TPSA) is 33.7 Å². The van der Waals surface area contributed by atoms with Crippen molar-refractivity contribution < 1.29 is 9.47 Å². The summed E-state index contributed by atoms with van der Waals surface area (Å²) in [6.45, 7) is 10.2. The third-order valence-corrected chi connectivity index (χ3v) is 5.40. The predicted octanol–water partition coefficient (Wildman–Crippen LogP) is 5.52. The van der Waals surface area contributed by atoms with Crippen LogP contribution in [0.25, 0.3) is 0 Å². The molecule has 29 heavy (non-hydrogen) atoms. The Morgan fingerprint density at radius 1 is 1.14 bits per heavy atom. The molecule has 0 spiro atoms. The highest BCUT2D eigenvalue weighted by molar-refractivity contribution is 5.60. The van der Waals surface area contributed by atoms with Crippen molar-refractivity contribution in [3.05, 3.63) is 54.1 Å². The van der Waals surface area contributed by atoms with E-state index in [0.29, 0.717) is 6.10 Å². The zero-order chi connectivity index (χ0) is 20.5. The minimum absolute atomic E-state index is 0.270. The number of nitrogens with one attached hydrogen (secondary N) is 1. The molecular weight excluding hydrogens is 360 g/mol. The molecule has 2 atom stereocenters. The lowest BCUT2D eigenvalue weighted by Gasteiger charge is -2.36. The van der Waals surface area contributed by atoms with E-state index in [4.69, 9.17) is 9.47 Å². The maximum Gasteiger partial charge on any atom is 0.143 e. The quantitative estimate of drug-likeness (QED) is 0.507. The normalized spacial score (nSPS) is 16.8. The Balaban J connectivity index is 1.46. The van der Waals surface area contributed by atoms with Crippen LogP contribution in [-0.2, 0) is 11.2 Å². The van der Waals surface area contributed by atoms with Crippen molar-refractivity contribution in [2.75, 3.05) is 36.5 Å². The van der Waals surface area contributed by atoms with Gasteiger partial charge in [0.25, 0.3) is 0 Å². The van der Waals surface area contributed by atoms with Crippen LogP contribution >= 0.6 is 0 Å². The van der Waals surface area contributed by atoms with Crippen molar-refractivity contribution in [3.8, 4) is 5.75 Å². The Labute approximate surface area is 176 Å². The first-order valence-corrected chi connectivity index (χ1v) is 11.1. The van der Waals surface area contributed by atoms with Gasteiger partial charge in [-0.05, 0) is 62.9 Å². The Morgan fingerprint density at radius 3 is 2.69 bits per heavy atom. The molecule has 4 nitrogen and oxygen atoms in total. The maximum atomic E-state index is 6.17. The molecule has 0 radical (unpaired) electrons. The van der Waals surface area contributed by atoms with Crippen LogP contribution in [0.4, 0.5) is 11.4 Å². The van der Waals surface area contributed by atoms with Crippen LogP contribution in [0.5, 0.6) is 5.75 Å². The predicted molar refractivity (Wildman–Crippen MR) is 122 cm³/mol. The van der Waals surface area contributed by atoms with Gasteiger partial charge in [-0.2, -0.15) is 0 Å². The third kappa shape index (κ3) is 6.40. The number of anilines is 2. The van der Waals surface area contributed by atoms with E-state index in [1.165, 1.54) is 16.9 Å². The lowest BCUT2D eigenvalue weighted by atomic mass is 10.1. The second kappa shape index (κ2) is 11.1. The van der Waals surface area contributed by atoms with E-state index in [1.807, 2.05) is 6.92 Å². The van der Waals surface area contributed by atoms with Gasteiger partial charge in [0.15, 0.2) is 0 Å². The number of para-hydroxylation sites is 2. The van der Waals surface area contributed by atoms with Crippen LogP contribution in [-0.4, -0.2) is 38.4 Å². The van der Waals surface area contributed by atoms with Crippen LogP contribution < -0.4 is 15.0 Å². The molecule has 2 aromatic carbocycles. The number of nitrogens with zero attached hydrogens (tertiary/aromatic N) is 1. The van der Waals surface area contributed by atoms with Gasteiger partial charge in [-0.3, -0.25) is 0 Å². The summed E-state index contributed by atoms with van der Waals surface area (Å²) in [5.41, 5.74) is 3.74. The zero-order valence-corrected chi connectivity index (χ0v) is 18.2.